The number of nitrogens with one attached hydrogen (secondary N) is 3. The lowest BCUT2D eigenvalue weighted by Crippen LogP contribution is -2.51. The van der Waals surface area contributed by atoms with Crippen molar-refractivity contribution in [1.29, 1.82) is 0 Å². The van der Waals surface area contributed by atoms with Crippen molar-refractivity contribution in [2.24, 2.45) is 0 Å². The van der Waals surface area contributed by atoms with Crippen LogP contribution in [0.1, 0.15) is 37.8 Å². The predicted octanol–water partition coefficient (Wildman–Crippen LogP) is 1.07. The number of benzene rings is 1. The van der Waals surface area contributed by atoms with Crippen LogP contribution in [-0.4, -0.2) is 97.6 Å². The molecule has 2 amide bonds. The minimum absolute atomic E-state index is 0.0213. The second-order valence-corrected chi connectivity index (χ2v) is 9.20. The second kappa shape index (κ2) is 18.6. The van der Waals surface area contributed by atoms with Crippen molar-refractivity contribution in [1.82, 2.24) is 25.6 Å². The number of carbonyl (C=O) groups is 4. The van der Waals surface area contributed by atoms with Crippen LogP contribution in [0.4, 0.5) is 16.2 Å². The zero-order valence-electron chi connectivity index (χ0n) is 23.2. The number of hydrogen-bond acceptors (Lipinski definition) is 11. The fourth-order valence-electron chi connectivity index (χ4n) is 3.64. The maximum atomic E-state index is 12.1. The van der Waals surface area contributed by atoms with Crippen LogP contribution in [0.3, 0.4) is 0 Å². The number of nitro groups is 1. The molecule has 2 aromatic rings. The number of hydrogen-bond donors (Lipinski definition) is 6. The van der Waals surface area contributed by atoms with Gasteiger partial charge in [0.1, 0.15) is 17.8 Å². The van der Waals surface area contributed by atoms with Crippen LogP contribution < -0.4 is 16.0 Å². The van der Waals surface area contributed by atoms with Gasteiger partial charge in [-0.1, -0.05) is 5.21 Å². The highest BCUT2D eigenvalue weighted by molar-refractivity contribution is 5.86. The number of amides is 2. The Morgan fingerprint density at radius 1 is 0.930 bits per heavy atom. The maximum absolute atomic E-state index is 12.1. The first kappa shape index (κ1) is 34.4. The smallest absolute Gasteiger partial charge is 0.326 e. The third-order valence-corrected chi connectivity index (χ3v) is 5.85. The van der Waals surface area contributed by atoms with E-state index in [-0.39, 0.29) is 25.1 Å². The zero-order chi connectivity index (χ0) is 31.6. The molecule has 1 aromatic heterocycles. The third kappa shape index (κ3) is 14.1. The molecular formula is C25H35N7O11. The maximum Gasteiger partial charge on any atom is 0.326 e. The number of ether oxygens (including phenoxy) is 2. The number of urea groups is 1. The van der Waals surface area contributed by atoms with Crippen LogP contribution in [0.15, 0.2) is 30.5 Å². The van der Waals surface area contributed by atoms with Crippen molar-refractivity contribution in [3.05, 3.63) is 46.3 Å². The Hall–Kier alpha value is -4.84. The Kier molecular flexibility index (Phi) is 14.8. The first-order chi connectivity index (χ1) is 20.5. The number of nitrogens with zero attached hydrogens (tertiary/aromatic N) is 4. The summed E-state index contributed by atoms with van der Waals surface area (Å²) in [6.45, 7) is 2.26. The summed E-state index contributed by atoms with van der Waals surface area (Å²) in [6.07, 6.45) is 1.87. The molecule has 18 nitrogen and oxygen atoms in total. The van der Waals surface area contributed by atoms with E-state index >= 15 is 0 Å². The summed E-state index contributed by atoms with van der Waals surface area (Å²) in [7, 11) is 0. The lowest BCUT2D eigenvalue weighted by molar-refractivity contribution is -0.384. The largest absolute Gasteiger partial charge is 0.481 e. The molecule has 2 rings (SSSR count). The van der Waals surface area contributed by atoms with Gasteiger partial charge < -0.3 is 40.7 Å². The molecule has 0 saturated heterocycles. The number of non-ortho nitro benzene ring substituents is 1. The molecule has 236 valence electrons. The van der Waals surface area contributed by atoms with Crippen LogP contribution >= 0.6 is 0 Å². The first-order valence-electron chi connectivity index (χ1n) is 13.3. The number of nitro benzene ring substituents is 1. The number of unbranched alkanes of at least 4 members (excludes halogenated alkanes) is 1. The summed E-state index contributed by atoms with van der Waals surface area (Å²) in [5.74, 6) is -3.95. The third-order valence-electron chi connectivity index (χ3n) is 5.85. The van der Waals surface area contributed by atoms with Crippen molar-refractivity contribution in [3.63, 3.8) is 0 Å². The van der Waals surface area contributed by atoms with Crippen molar-refractivity contribution in [3.8, 4) is 0 Å². The molecule has 1 heterocycles. The number of aryl methyl sites for hydroxylation is 1. The van der Waals surface area contributed by atoms with Crippen LogP contribution in [0.2, 0.25) is 0 Å². The topological polar surface area (TPSA) is 257 Å². The predicted molar refractivity (Wildman–Crippen MR) is 147 cm³/mol. The number of rotatable bonds is 22. The monoisotopic (exact) mass is 609 g/mol. The Morgan fingerprint density at radius 2 is 1.58 bits per heavy atom. The van der Waals surface area contributed by atoms with E-state index in [0.29, 0.717) is 51.4 Å². The Labute approximate surface area is 245 Å². The molecule has 18 heteroatoms. The second-order valence-electron chi connectivity index (χ2n) is 9.20. The van der Waals surface area contributed by atoms with Gasteiger partial charge in [0.05, 0.1) is 37.5 Å². The van der Waals surface area contributed by atoms with Crippen LogP contribution in [0.25, 0.3) is 0 Å². The average Bonchev–Trinajstić information content (AvgIpc) is 3.41. The standard InChI is InChI=1S/C25H35N7O11/c33-22(34)9-8-21(24(37)38)28-25(39)27-20(23(35)36)3-1-2-11-31-15-18(29-30-31)16-43-14-13-42-12-10-26-17-4-6-19(7-5-17)32(40)41/h4-7,15,20-21,26H,1-3,8-14,16H2,(H,33,34)(H,35,36)(H,37,38)(H2,27,28,39)/t20-,21?/m0/s1. The van der Waals surface area contributed by atoms with Crippen LogP contribution in [0, 0.1) is 10.1 Å². The summed E-state index contributed by atoms with van der Waals surface area (Å²) in [5.41, 5.74) is 1.36. The highest BCUT2D eigenvalue weighted by Gasteiger charge is 2.24. The van der Waals surface area contributed by atoms with E-state index in [1.165, 1.54) is 12.1 Å². The highest BCUT2D eigenvalue weighted by atomic mass is 16.6. The molecule has 0 radical (unpaired) electrons. The Morgan fingerprint density at radius 3 is 2.21 bits per heavy atom. The molecule has 6 N–H and O–H groups in total. The molecule has 0 bridgehead atoms. The molecule has 0 fully saturated rings. The fraction of sp³-hybridized carbons (Fsp3) is 0.520. The van der Waals surface area contributed by atoms with Crippen molar-refractivity contribution >= 4 is 35.3 Å². The quantitative estimate of drug-likeness (QED) is 0.0620. The molecule has 1 unspecified atom stereocenters. The van der Waals surface area contributed by atoms with Gasteiger partial charge in [-0.15, -0.1) is 5.10 Å². The van der Waals surface area contributed by atoms with Gasteiger partial charge in [0.15, 0.2) is 0 Å². The normalized spacial score (nSPS) is 12.2. The summed E-state index contributed by atoms with van der Waals surface area (Å²) in [6, 6.07) is 2.32. The minimum atomic E-state index is -1.47. The number of carbonyl (C=O) groups excluding carboxylic acids is 1. The van der Waals surface area contributed by atoms with E-state index < -0.39 is 47.4 Å². The van der Waals surface area contributed by atoms with Crippen molar-refractivity contribution in [2.75, 3.05) is 31.7 Å². The number of carboxylic acid groups (broad SMARTS) is 3. The average molecular weight is 610 g/mol. The number of aliphatic carboxylic acids is 3. The van der Waals surface area contributed by atoms with Gasteiger partial charge in [0, 0.05) is 37.3 Å². The minimum Gasteiger partial charge on any atom is -0.481 e. The van der Waals surface area contributed by atoms with Crippen LogP contribution in [0.5, 0.6) is 0 Å². The molecule has 2 atom stereocenters. The van der Waals surface area contributed by atoms with E-state index in [2.05, 4.69) is 26.3 Å². The van der Waals surface area contributed by atoms with E-state index in [0.717, 1.165) is 5.69 Å². The van der Waals surface area contributed by atoms with E-state index in [1.807, 2.05) is 0 Å². The van der Waals surface area contributed by atoms with Gasteiger partial charge in [0.25, 0.3) is 5.69 Å². The van der Waals surface area contributed by atoms with Gasteiger partial charge in [-0.2, -0.15) is 0 Å². The van der Waals surface area contributed by atoms with Crippen molar-refractivity contribution < 1.29 is 48.9 Å². The van der Waals surface area contributed by atoms with Gasteiger partial charge in [-0.25, -0.2) is 14.4 Å². The number of anilines is 1. The van der Waals surface area contributed by atoms with Gasteiger partial charge in [-0.3, -0.25) is 19.6 Å². The van der Waals surface area contributed by atoms with E-state index in [4.69, 9.17) is 19.7 Å². The number of carboxylic acids is 3. The Bertz CT molecular complexity index is 1210. The number of aromatic nitrogens is 3. The lowest BCUT2D eigenvalue weighted by Gasteiger charge is -2.18. The van der Waals surface area contributed by atoms with Gasteiger partial charge in [0.2, 0.25) is 0 Å². The molecule has 0 aliphatic rings. The van der Waals surface area contributed by atoms with E-state index in [1.54, 1.807) is 23.0 Å². The molecule has 1 aromatic carbocycles. The molecule has 0 aliphatic heterocycles. The van der Waals surface area contributed by atoms with Gasteiger partial charge in [-0.05, 0) is 37.8 Å². The molecule has 0 aliphatic carbocycles. The molecule has 0 saturated carbocycles. The summed E-state index contributed by atoms with van der Waals surface area (Å²) >= 11 is 0. The highest BCUT2D eigenvalue weighted by Crippen LogP contribution is 2.15. The summed E-state index contributed by atoms with van der Waals surface area (Å²) in [4.78, 5) is 55.6. The van der Waals surface area contributed by atoms with E-state index in [9.17, 15) is 34.4 Å². The molecule has 0 spiro atoms. The molecular weight excluding hydrogens is 574 g/mol. The lowest BCUT2D eigenvalue weighted by atomic mass is 10.1. The van der Waals surface area contributed by atoms with Crippen molar-refractivity contribution in [2.45, 2.75) is 57.3 Å². The SMILES string of the molecule is O=C(O)CCC(NC(=O)N[C@@H](CCCCn1cc(COCCOCCNc2ccc([N+](=O)[O-])cc2)nn1)C(=O)O)C(=O)O. The zero-order valence-corrected chi connectivity index (χ0v) is 23.2. The van der Waals surface area contributed by atoms with Gasteiger partial charge >= 0.3 is 23.9 Å². The Balaban J connectivity index is 1.58. The summed E-state index contributed by atoms with van der Waals surface area (Å²) < 4.78 is 12.6. The van der Waals surface area contributed by atoms with Crippen LogP contribution in [-0.2, 0) is 37.0 Å². The summed E-state index contributed by atoms with van der Waals surface area (Å²) in [5, 5.41) is 53.2. The molecule has 43 heavy (non-hydrogen) atoms. The first-order valence-corrected chi connectivity index (χ1v) is 13.3. The fourth-order valence-corrected chi connectivity index (χ4v) is 3.64.